The smallest absolute Gasteiger partial charge is 0.346 e. The predicted molar refractivity (Wildman–Crippen MR) is 137 cm³/mol. The van der Waals surface area contributed by atoms with Crippen LogP contribution in [0.1, 0.15) is 24.2 Å². The van der Waals surface area contributed by atoms with E-state index in [2.05, 4.69) is 10.1 Å². The Morgan fingerprint density at radius 3 is 1.80 bits per heavy atom. The first-order valence-corrected chi connectivity index (χ1v) is 13.3. The third kappa shape index (κ3) is 5.82. The fourth-order valence-corrected chi connectivity index (χ4v) is 7.83. The zero-order valence-electron chi connectivity index (χ0n) is 17.4. The van der Waals surface area contributed by atoms with Crippen molar-refractivity contribution >= 4 is 107 Å². The number of carbonyl (C=O) groups is 3. The van der Waals surface area contributed by atoms with E-state index in [9.17, 15) is 44.9 Å². The van der Waals surface area contributed by atoms with Crippen molar-refractivity contribution in [1.82, 2.24) is 0 Å². The van der Waals surface area contributed by atoms with Gasteiger partial charge in [0, 0.05) is 20.9 Å². The topological polar surface area (TPSA) is 133 Å². The summed E-state index contributed by atoms with van der Waals surface area (Å²) >= 11 is 5.02. The second kappa shape index (κ2) is 11.0. The summed E-state index contributed by atoms with van der Waals surface area (Å²) in [4.78, 5) is 35.3. The van der Waals surface area contributed by atoms with E-state index in [1.54, 1.807) is 67.8 Å². The minimum atomic E-state index is -5.97. The lowest BCUT2D eigenvalue weighted by atomic mass is 10.1. The van der Waals surface area contributed by atoms with Gasteiger partial charge in [-0.2, -0.15) is 8.78 Å². The molecule has 0 aliphatic heterocycles. The first kappa shape index (κ1) is 29.9. The van der Waals surface area contributed by atoms with E-state index in [0.717, 1.165) is 11.8 Å². The van der Waals surface area contributed by atoms with Gasteiger partial charge in [-0.25, -0.2) is 22.0 Å². The molecule has 0 fully saturated rings. The minimum Gasteiger partial charge on any atom is -0.744 e. The lowest BCUT2D eigenvalue weighted by Gasteiger charge is -2.24. The van der Waals surface area contributed by atoms with Crippen molar-refractivity contribution in [2.45, 2.75) is 18.7 Å². The average molecular weight is 855 g/mol. The number of amides is 2. The highest BCUT2D eigenvalue weighted by Crippen LogP contribution is 2.41. The molecule has 0 saturated heterocycles. The Morgan fingerprint density at radius 2 is 1.40 bits per heavy atom. The molecule has 190 valence electrons. The number of esters is 1. The number of rotatable bonds is 5. The molecule has 0 aliphatic carbocycles. The second-order valence-corrected chi connectivity index (χ2v) is 11.1. The highest BCUT2D eigenvalue weighted by atomic mass is 127. The van der Waals surface area contributed by atoms with Crippen LogP contribution in [0, 0.1) is 34.0 Å². The number of carbonyl (C=O) groups excluding carboxylic acids is 3. The van der Waals surface area contributed by atoms with E-state index in [4.69, 9.17) is 0 Å². The van der Waals surface area contributed by atoms with Gasteiger partial charge in [-0.1, -0.05) is 0 Å². The Kier molecular flexibility index (Phi) is 9.37. The minimum absolute atomic E-state index is 0.00807. The predicted octanol–water partition coefficient (Wildman–Crippen LogP) is 4.12. The zero-order chi connectivity index (χ0) is 27.2. The molecule has 0 spiro atoms. The molecule has 2 amide bonds. The highest BCUT2D eigenvalue weighted by Gasteiger charge is 2.34. The van der Waals surface area contributed by atoms with Crippen LogP contribution in [0.15, 0.2) is 4.90 Å². The quantitative estimate of drug-likeness (QED) is 0.120. The molecule has 0 radical (unpaired) electrons. The van der Waals surface area contributed by atoms with Gasteiger partial charge >= 0.3 is 5.97 Å². The molecular weight excluding hydrogens is 845 g/mol. The van der Waals surface area contributed by atoms with Crippen molar-refractivity contribution in [2.24, 2.45) is 0 Å². The molecule has 35 heavy (non-hydrogen) atoms. The van der Waals surface area contributed by atoms with E-state index < -0.39 is 67.4 Å². The maximum absolute atomic E-state index is 14.4. The standard InChI is InChI=1S/C18H11F4I3N2O7S/c1-4(28)26-14-11(23)6(12(24)15(13(14)25)27(3)5(2)29)18(30)34-16-7(19)9(21)17(35(31,32)33)10(22)8(16)20/h1-3H3,(H,26,28)(H,31,32,33)/p-1. The van der Waals surface area contributed by atoms with Crippen molar-refractivity contribution in [2.75, 3.05) is 17.3 Å². The van der Waals surface area contributed by atoms with Crippen molar-refractivity contribution in [3.8, 4) is 5.75 Å². The van der Waals surface area contributed by atoms with Crippen LogP contribution in [-0.2, 0) is 19.7 Å². The van der Waals surface area contributed by atoms with Crippen molar-refractivity contribution in [3.05, 3.63) is 39.5 Å². The van der Waals surface area contributed by atoms with Gasteiger partial charge < -0.3 is 19.5 Å². The lowest BCUT2D eigenvalue weighted by Crippen LogP contribution is -2.28. The summed E-state index contributed by atoms with van der Waals surface area (Å²) in [7, 11) is -4.63. The Labute approximate surface area is 236 Å². The van der Waals surface area contributed by atoms with Gasteiger partial charge in [-0.15, -0.1) is 0 Å². The van der Waals surface area contributed by atoms with Crippen LogP contribution in [0.3, 0.4) is 0 Å². The molecule has 0 heterocycles. The van der Waals surface area contributed by atoms with Crippen molar-refractivity contribution in [3.63, 3.8) is 0 Å². The van der Waals surface area contributed by atoms with Crippen LogP contribution in [0.2, 0.25) is 0 Å². The van der Waals surface area contributed by atoms with Crippen LogP contribution in [0.4, 0.5) is 28.9 Å². The van der Waals surface area contributed by atoms with Crippen LogP contribution < -0.4 is 15.0 Å². The van der Waals surface area contributed by atoms with Gasteiger partial charge in [0.2, 0.25) is 29.2 Å². The monoisotopic (exact) mass is 855 g/mol. The fourth-order valence-electron chi connectivity index (χ4n) is 2.61. The van der Waals surface area contributed by atoms with E-state index in [1.807, 2.05) is 0 Å². The molecule has 0 unspecified atom stereocenters. The number of hydrogen-bond acceptors (Lipinski definition) is 7. The third-order valence-electron chi connectivity index (χ3n) is 4.23. The Morgan fingerprint density at radius 1 is 0.914 bits per heavy atom. The van der Waals surface area contributed by atoms with Crippen molar-refractivity contribution < 1.29 is 49.7 Å². The first-order chi connectivity index (χ1) is 15.9. The summed E-state index contributed by atoms with van der Waals surface area (Å²) < 4.78 is 94.7. The molecule has 0 aliphatic rings. The number of benzene rings is 2. The maximum atomic E-state index is 14.4. The number of nitrogens with zero attached hydrogens (tertiary/aromatic N) is 1. The molecule has 9 nitrogen and oxygen atoms in total. The lowest BCUT2D eigenvalue weighted by molar-refractivity contribution is -0.116. The normalized spacial score (nSPS) is 11.3. The van der Waals surface area contributed by atoms with Gasteiger partial charge in [-0.3, -0.25) is 9.59 Å². The molecule has 0 atom stereocenters. The van der Waals surface area contributed by atoms with E-state index in [0.29, 0.717) is 3.57 Å². The van der Waals surface area contributed by atoms with E-state index in [1.165, 1.54) is 14.0 Å². The SMILES string of the molecule is CC(=O)Nc1c(I)c(C(=O)Oc2c(F)c(F)c(S(=O)(=O)[O-])c(F)c2F)c(I)c(N(C)C(C)=O)c1I. The van der Waals surface area contributed by atoms with E-state index in [-0.39, 0.29) is 18.5 Å². The highest BCUT2D eigenvalue weighted by molar-refractivity contribution is 14.1. The Bertz CT molecular complexity index is 1370. The Hall–Kier alpha value is -1.33. The molecule has 17 heteroatoms. The second-order valence-electron chi connectivity index (χ2n) is 6.56. The van der Waals surface area contributed by atoms with Gasteiger partial charge in [0.05, 0.1) is 27.6 Å². The van der Waals surface area contributed by atoms with Gasteiger partial charge in [0.15, 0.2) is 11.6 Å². The first-order valence-electron chi connectivity index (χ1n) is 8.69. The van der Waals surface area contributed by atoms with Crippen LogP contribution in [-0.4, -0.2) is 37.8 Å². The Balaban J connectivity index is 2.82. The number of nitrogens with one attached hydrogen (secondary N) is 1. The molecular formula is C18H10F4I3N2O7S-. The molecule has 0 aromatic heterocycles. The molecule has 0 saturated carbocycles. The number of ether oxygens (including phenoxy) is 1. The van der Waals surface area contributed by atoms with Crippen LogP contribution >= 0.6 is 67.8 Å². The van der Waals surface area contributed by atoms with Gasteiger partial charge in [0.25, 0.3) is 0 Å². The molecule has 2 aromatic rings. The summed E-state index contributed by atoms with van der Waals surface area (Å²) in [5.41, 5.74) is -0.320. The maximum Gasteiger partial charge on any atom is 0.346 e. The van der Waals surface area contributed by atoms with Gasteiger partial charge in [0.1, 0.15) is 15.0 Å². The molecule has 1 N–H and O–H groups in total. The fraction of sp³-hybridized carbons (Fsp3) is 0.167. The zero-order valence-corrected chi connectivity index (χ0v) is 24.6. The van der Waals surface area contributed by atoms with Crippen LogP contribution in [0.25, 0.3) is 0 Å². The largest absolute Gasteiger partial charge is 0.744 e. The molecule has 2 rings (SSSR count). The van der Waals surface area contributed by atoms with Crippen LogP contribution in [0.5, 0.6) is 5.75 Å². The summed E-state index contributed by atoms with van der Waals surface area (Å²) in [5.74, 6) is -14.6. The van der Waals surface area contributed by atoms with Crippen molar-refractivity contribution in [1.29, 1.82) is 0 Å². The molecule has 2 aromatic carbocycles. The number of hydrogen-bond donors (Lipinski definition) is 1. The molecule has 0 bridgehead atoms. The summed E-state index contributed by atoms with van der Waals surface area (Å²) in [5, 5.41) is 2.45. The average Bonchev–Trinajstić information content (AvgIpc) is 2.71. The third-order valence-corrected chi connectivity index (χ3v) is 8.27. The van der Waals surface area contributed by atoms with E-state index >= 15 is 0 Å². The summed E-state index contributed by atoms with van der Waals surface area (Å²) in [6.07, 6.45) is 0. The number of anilines is 2. The summed E-state index contributed by atoms with van der Waals surface area (Å²) in [6.45, 7) is 2.35. The summed E-state index contributed by atoms with van der Waals surface area (Å²) in [6, 6.07) is 0. The number of halogens is 7. The van der Waals surface area contributed by atoms with Gasteiger partial charge in [-0.05, 0) is 67.8 Å².